The van der Waals surface area contributed by atoms with E-state index in [0.29, 0.717) is 12.1 Å². The molecule has 3 N–H and O–H groups in total. The van der Waals surface area contributed by atoms with Crippen LogP contribution in [0.25, 0.3) is 0 Å². The Morgan fingerprint density at radius 3 is 2.48 bits per heavy atom. The fraction of sp³-hybridized carbons (Fsp3) is 0.652. The molecule has 1 heterocycles. The molecule has 0 aromatic heterocycles. The number of amides is 2. The maximum absolute atomic E-state index is 12.9. The van der Waals surface area contributed by atoms with Crippen LogP contribution in [0.2, 0.25) is 0 Å². The largest absolute Gasteiger partial charge is 0.371 e. The molecule has 1 aliphatic heterocycles. The Morgan fingerprint density at radius 1 is 1.07 bits per heavy atom. The standard InChI is InChI=1S/C23H36N4O2/c1-26(2)14-8-13-24-23(29)20-17-19(11-12-21(20)27-15-6-7-16-27)25-22(28)18-9-4-3-5-10-18/h11-12,17-18H,3-10,13-16H2,1-2H3,(H,24,29)(H,25,28)/p+1. The number of hydrogen-bond acceptors (Lipinski definition) is 3. The Bertz CT molecular complexity index is 692. The summed E-state index contributed by atoms with van der Waals surface area (Å²) in [6.07, 6.45) is 8.71. The minimum Gasteiger partial charge on any atom is -0.371 e. The summed E-state index contributed by atoms with van der Waals surface area (Å²) in [6, 6.07) is 5.81. The Kier molecular flexibility index (Phi) is 7.92. The van der Waals surface area contributed by atoms with E-state index in [1.165, 1.54) is 11.3 Å². The highest BCUT2D eigenvalue weighted by molar-refractivity contribution is 6.02. The molecule has 2 aliphatic rings. The average molecular weight is 402 g/mol. The van der Waals surface area contributed by atoms with Gasteiger partial charge >= 0.3 is 0 Å². The van der Waals surface area contributed by atoms with E-state index in [1.807, 2.05) is 18.2 Å². The fourth-order valence-corrected chi connectivity index (χ4v) is 4.38. The molecular weight excluding hydrogens is 364 g/mol. The van der Waals surface area contributed by atoms with Crippen LogP contribution in [0, 0.1) is 5.92 Å². The van der Waals surface area contributed by atoms with Gasteiger partial charge in [-0.3, -0.25) is 9.59 Å². The number of carbonyl (C=O) groups excluding carboxylic acids is 2. The molecule has 2 fully saturated rings. The highest BCUT2D eigenvalue weighted by Crippen LogP contribution is 2.29. The number of nitrogens with one attached hydrogen (secondary N) is 3. The zero-order valence-electron chi connectivity index (χ0n) is 18.1. The maximum Gasteiger partial charge on any atom is 0.253 e. The van der Waals surface area contributed by atoms with E-state index in [4.69, 9.17) is 0 Å². The lowest BCUT2D eigenvalue weighted by atomic mass is 9.88. The molecule has 0 spiro atoms. The van der Waals surface area contributed by atoms with Crippen molar-refractivity contribution in [1.82, 2.24) is 5.32 Å². The van der Waals surface area contributed by atoms with Gasteiger partial charge < -0.3 is 20.4 Å². The third kappa shape index (κ3) is 6.20. The number of benzene rings is 1. The molecule has 0 unspecified atom stereocenters. The van der Waals surface area contributed by atoms with Crippen LogP contribution in [0.3, 0.4) is 0 Å². The first-order valence-electron chi connectivity index (χ1n) is 11.3. The van der Waals surface area contributed by atoms with Crippen molar-refractivity contribution in [2.24, 2.45) is 5.92 Å². The smallest absolute Gasteiger partial charge is 0.253 e. The van der Waals surface area contributed by atoms with Gasteiger partial charge in [-0.2, -0.15) is 0 Å². The van der Waals surface area contributed by atoms with E-state index in [9.17, 15) is 9.59 Å². The Hall–Kier alpha value is -2.08. The minimum atomic E-state index is -0.0468. The number of hydrogen-bond donors (Lipinski definition) is 3. The highest BCUT2D eigenvalue weighted by atomic mass is 16.2. The average Bonchev–Trinajstić information content (AvgIpc) is 3.26. The second-order valence-electron chi connectivity index (χ2n) is 8.82. The molecule has 0 atom stereocenters. The predicted octanol–water partition coefficient (Wildman–Crippen LogP) is 2.07. The molecule has 2 amide bonds. The van der Waals surface area contributed by atoms with Crippen LogP contribution in [0.15, 0.2) is 18.2 Å². The molecule has 1 aliphatic carbocycles. The van der Waals surface area contributed by atoms with E-state index in [-0.39, 0.29) is 17.7 Å². The number of quaternary nitrogens is 1. The van der Waals surface area contributed by atoms with Crippen LogP contribution in [0.4, 0.5) is 11.4 Å². The van der Waals surface area contributed by atoms with Gasteiger partial charge in [0.05, 0.1) is 26.2 Å². The fourth-order valence-electron chi connectivity index (χ4n) is 4.38. The van der Waals surface area contributed by atoms with Crippen LogP contribution in [-0.2, 0) is 4.79 Å². The number of carbonyl (C=O) groups is 2. The molecular formula is C23H37N4O2+. The topological polar surface area (TPSA) is 65.9 Å². The monoisotopic (exact) mass is 401 g/mol. The molecule has 29 heavy (non-hydrogen) atoms. The van der Waals surface area contributed by atoms with Crippen molar-refractivity contribution in [3.05, 3.63) is 23.8 Å². The van der Waals surface area contributed by atoms with Crippen molar-refractivity contribution in [2.45, 2.75) is 51.4 Å². The quantitative estimate of drug-likeness (QED) is 0.584. The zero-order valence-corrected chi connectivity index (χ0v) is 18.1. The van der Waals surface area contributed by atoms with Gasteiger partial charge in [-0.1, -0.05) is 19.3 Å². The molecule has 1 saturated heterocycles. The first kappa shape index (κ1) is 21.6. The molecule has 6 nitrogen and oxygen atoms in total. The van der Waals surface area contributed by atoms with E-state index in [0.717, 1.165) is 76.0 Å². The van der Waals surface area contributed by atoms with Crippen LogP contribution >= 0.6 is 0 Å². The zero-order chi connectivity index (χ0) is 20.6. The first-order chi connectivity index (χ1) is 14.0. The molecule has 6 heteroatoms. The Balaban J connectivity index is 1.70. The van der Waals surface area contributed by atoms with Gasteiger partial charge in [-0.15, -0.1) is 0 Å². The molecule has 0 bridgehead atoms. The molecule has 1 saturated carbocycles. The summed E-state index contributed by atoms with van der Waals surface area (Å²) in [7, 11) is 4.23. The third-order valence-electron chi connectivity index (χ3n) is 6.07. The third-order valence-corrected chi connectivity index (χ3v) is 6.07. The van der Waals surface area contributed by atoms with Gasteiger partial charge in [-0.25, -0.2) is 0 Å². The van der Waals surface area contributed by atoms with Gasteiger partial charge in [0.1, 0.15) is 0 Å². The lowest BCUT2D eigenvalue weighted by Crippen LogP contribution is -3.05. The van der Waals surface area contributed by atoms with Gasteiger partial charge in [0, 0.05) is 43.3 Å². The van der Waals surface area contributed by atoms with Crippen LogP contribution < -0.4 is 20.4 Å². The predicted molar refractivity (Wildman–Crippen MR) is 118 cm³/mol. The van der Waals surface area contributed by atoms with Gasteiger partial charge in [-0.05, 0) is 43.9 Å². The lowest BCUT2D eigenvalue weighted by Gasteiger charge is -2.23. The summed E-state index contributed by atoms with van der Waals surface area (Å²) in [5, 5.41) is 6.14. The Morgan fingerprint density at radius 2 is 1.79 bits per heavy atom. The van der Waals surface area contributed by atoms with Gasteiger partial charge in [0.15, 0.2) is 0 Å². The molecule has 1 aromatic carbocycles. The summed E-state index contributed by atoms with van der Waals surface area (Å²) in [5.74, 6) is 0.154. The summed E-state index contributed by atoms with van der Waals surface area (Å²) < 4.78 is 0. The SMILES string of the molecule is C[NH+](C)CCCNC(=O)c1cc(NC(=O)C2CCCCC2)ccc1N1CCCC1. The highest BCUT2D eigenvalue weighted by Gasteiger charge is 2.23. The second-order valence-corrected chi connectivity index (χ2v) is 8.82. The lowest BCUT2D eigenvalue weighted by molar-refractivity contribution is -0.858. The van der Waals surface area contributed by atoms with Crippen molar-refractivity contribution in [3.8, 4) is 0 Å². The summed E-state index contributed by atoms with van der Waals surface area (Å²) >= 11 is 0. The summed E-state index contributed by atoms with van der Waals surface area (Å²) in [6.45, 7) is 3.66. The van der Waals surface area contributed by atoms with Crippen molar-refractivity contribution < 1.29 is 14.5 Å². The number of nitrogens with zero attached hydrogens (tertiary/aromatic N) is 1. The van der Waals surface area contributed by atoms with Gasteiger partial charge in [0.25, 0.3) is 5.91 Å². The molecule has 3 rings (SSSR count). The molecule has 160 valence electrons. The maximum atomic E-state index is 12.9. The normalized spacial score (nSPS) is 17.6. The summed E-state index contributed by atoms with van der Waals surface area (Å²) in [4.78, 5) is 29.3. The van der Waals surface area contributed by atoms with Crippen LogP contribution in [0.5, 0.6) is 0 Å². The second kappa shape index (κ2) is 10.6. The molecule has 0 radical (unpaired) electrons. The van der Waals surface area contributed by atoms with E-state index in [1.54, 1.807) is 0 Å². The van der Waals surface area contributed by atoms with Crippen molar-refractivity contribution in [1.29, 1.82) is 0 Å². The van der Waals surface area contributed by atoms with Crippen LogP contribution in [-0.4, -0.2) is 52.1 Å². The van der Waals surface area contributed by atoms with Gasteiger partial charge in [0.2, 0.25) is 5.91 Å². The first-order valence-corrected chi connectivity index (χ1v) is 11.3. The number of anilines is 2. The van der Waals surface area contributed by atoms with Crippen LogP contribution in [0.1, 0.15) is 61.7 Å². The van der Waals surface area contributed by atoms with Crippen molar-refractivity contribution >= 4 is 23.2 Å². The van der Waals surface area contributed by atoms with E-state index in [2.05, 4.69) is 29.6 Å². The Labute approximate surface area is 175 Å². The van der Waals surface area contributed by atoms with E-state index >= 15 is 0 Å². The van der Waals surface area contributed by atoms with Crippen molar-refractivity contribution in [2.75, 3.05) is 50.5 Å². The molecule has 1 aromatic rings. The van der Waals surface area contributed by atoms with E-state index < -0.39 is 0 Å². The summed E-state index contributed by atoms with van der Waals surface area (Å²) in [5.41, 5.74) is 2.38. The van der Waals surface area contributed by atoms with Crippen molar-refractivity contribution in [3.63, 3.8) is 0 Å². The number of rotatable bonds is 8. The minimum absolute atomic E-state index is 0.0468.